The van der Waals surface area contributed by atoms with E-state index in [1.54, 1.807) is 12.1 Å². The molecule has 0 bridgehead atoms. The SMILES string of the molecule is CNc1cc(C)ccc1Nc1nc(Nc2cccc(OCC(N)=O)c2C)ncc1Cl. The molecule has 0 saturated carbocycles. The van der Waals surface area contributed by atoms with Crippen LogP contribution in [0.1, 0.15) is 11.1 Å². The average Bonchev–Trinajstić information content (AvgIpc) is 2.72. The molecule has 0 atom stereocenters. The third kappa shape index (κ3) is 5.09. The van der Waals surface area contributed by atoms with Crippen LogP contribution in [0.15, 0.2) is 42.6 Å². The predicted octanol–water partition coefficient (Wildman–Crippen LogP) is 4.14. The molecule has 0 radical (unpaired) electrons. The van der Waals surface area contributed by atoms with E-state index in [9.17, 15) is 4.79 Å². The number of halogens is 1. The van der Waals surface area contributed by atoms with E-state index >= 15 is 0 Å². The molecule has 5 N–H and O–H groups in total. The molecule has 1 aromatic heterocycles. The quantitative estimate of drug-likeness (QED) is 0.428. The van der Waals surface area contributed by atoms with E-state index in [0.29, 0.717) is 22.5 Å². The highest BCUT2D eigenvalue weighted by molar-refractivity contribution is 6.33. The van der Waals surface area contributed by atoms with Crippen molar-refractivity contribution in [2.45, 2.75) is 13.8 Å². The molecule has 0 unspecified atom stereocenters. The Balaban J connectivity index is 1.84. The van der Waals surface area contributed by atoms with Gasteiger partial charge in [-0.2, -0.15) is 4.98 Å². The molecule has 0 aliphatic heterocycles. The van der Waals surface area contributed by atoms with Gasteiger partial charge in [-0.05, 0) is 43.7 Å². The Morgan fingerprint density at radius 1 is 1.13 bits per heavy atom. The second-order valence-electron chi connectivity index (χ2n) is 6.62. The summed E-state index contributed by atoms with van der Waals surface area (Å²) in [5.74, 6) is 0.828. The second-order valence-corrected chi connectivity index (χ2v) is 7.03. The third-order valence-electron chi connectivity index (χ3n) is 4.34. The number of rotatable bonds is 8. The number of aryl methyl sites for hydroxylation is 1. The van der Waals surface area contributed by atoms with Gasteiger partial charge >= 0.3 is 0 Å². The molecule has 30 heavy (non-hydrogen) atoms. The summed E-state index contributed by atoms with van der Waals surface area (Å²) in [6.07, 6.45) is 1.52. The largest absolute Gasteiger partial charge is 0.483 e. The zero-order chi connectivity index (χ0) is 21.7. The number of nitrogens with zero attached hydrogens (tertiary/aromatic N) is 2. The summed E-state index contributed by atoms with van der Waals surface area (Å²) in [4.78, 5) is 19.7. The molecule has 0 spiro atoms. The van der Waals surface area contributed by atoms with Crippen LogP contribution in [0.4, 0.5) is 28.8 Å². The fourth-order valence-electron chi connectivity index (χ4n) is 2.79. The van der Waals surface area contributed by atoms with Gasteiger partial charge in [0.05, 0.1) is 17.6 Å². The van der Waals surface area contributed by atoms with Gasteiger partial charge in [0.1, 0.15) is 10.8 Å². The van der Waals surface area contributed by atoms with Crippen LogP contribution in [0.25, 0.3) is 0 Å². The molecule has 0 fully saturated rings. The number of carbonyl (C=O) groups excluding carboxylic acids is 1. The lowest BCUT2D eigenvalue weighted by Crippen LogP contribution is -2.20. The maximum Gasteiger partial charge on any atom is 0.255 e. The molecule has 2 aromatic carbocycles. The minimum atomic E-state index is -0.540. The molecule has 0 aliphatic carbocycles. The molecular formula is C21H23ClN6O2. The van der Waals surface area contributed by atoms with E-state index < -0.39 is 5.91 Å². The van der Waals surface area contributed by atoms with Crippen LogP contribution >= 0.6 is 11.6 Å². The van der Waals surface area contributed by atoms with Crippen molar-refractivity contribution in [3.05, 3.63) is 58.7 Å². The van der Waals surface area contributed by atoms with Gasteiger partial charge in [-0.3, -0.25) is 4.79 Å². The summed E-state index contributed by atoms with van der Waals surface area (Å²) in [5, 5.41) is 9.94. The molecule has 3 aromatic rings. The topological polar surface area (TPSA) is 114 Å². The van der Waals surface area contributed by atoms with Crippen LogP contribution in [-0.4, -0.2) is 29.5 Å². The first-order valence-corrected chi connectivity index (χ1v) is 9.61. The van der Waals surface area contributed by atoms with Crippen LogP contribution in [0, 0.1) is 13.8 Å². The summed E-state index contributed by atoms with van der Waals surface area (Å²) >= 11 is 6.30. The van der Waals surface area contributed by atoms with Gasteiger partial charge < -0.3 is 26.4 Å². The van der Waals surface area contributed by atoms with E-state index in [0.717, 1.165) is 28.2 Å². The predicted molar refractivity (Wildman–Crippen MR) is 120 cm³/mol. The number of nitrogens with two attached hydrogens (primary N) is 1. The first-order valence-electron chi connectivity index (χ1n) is 9.23. The second kappa shape index (κ2) is 9.32. The monoisotopic (exact) mass is 426 g/mol. The smallest absolute Gasteiger partial charge is 0.255 e. The number of ether oxygens (including phenoxy) is 1. The molecule has 9 heteroatoms. The zero-order valence-corrected chi connectivity index (χ0v) is 17.7. The van der Waals surface area contributed by atoms with Crippen molar-refractivity contribution in [1.82, 2.24) is 9.97 Å². The van der Waals surface area contributed by atoms with E-state index in [2.05, 4.69) is 25.9 Å². The van der Waals surface area contributed by atoms with Crippen molar-refractivity contribution in [3.63, 3.8) is 0 Å². The minimum Gasteiger partial charge on any atom is -0.483 e. The van der Waals surface area contributed by atoms with E-state index in [1.165, 1.54) is 6.20 Å². The number of anilines is 5. The Morgan fingerprint density at radius 2 is 1.93 bits per heavy atom. The normalized spacial score (nSPS) is 10.4. The van der Waals surface area contributed by atoms with Crippen molar-refractivity contribution in [3.8, 4) is 5.75 Å². The molecule has 156 valence electrons. The van der Waals surface area contributed by atoms with Crippen molar-refractivity contribution in [2.75, 3.05) is 29.6 Å². The first-order chi connectivity index (χ1) is 14.4. The number of amides is 1. The third-order valence-corrected chi connectivity index (χ3v) is 4.62. The molecule has 3 rings (SSSR count). The Kier molecular flexibility index (Phi) is 6.58. The van der Waals surface area contributed by atoms with Crippen molar-refractivity contribution in [1.29, 1.82) is 0 Å². The number of hydrogen-bond donors (Lipinski definition) is 4. The molecule has 0 aliphatic rings. The number of aromatic nitrogens is 2. The van der Waals surface area contributed by atoms with Gasteiger partial charge in [0.15, 0.2) is 12.4 Å². The lowest BCUT2D eigenvalue weighted by Gasteiger charge is -2.15. The maximum atomic E-state index is 11.0. The summed E-state index contributed by atoms with van der Waals surface area (Å²) in [6, 6.07) is 11.4. The molecule has 0 saturated heterocycles. The van der Waals surface area contributed by atoms with Gasteiger partial charge in [-0.25, -0.2) is 4.98 Å². The van der Waals surface area contributed by atoms with Gasteiger partial charge in [-0.1, -0.05) is 23.7 Å². The Labute approximate surface area is 179 Å². The number of primary amides is 1. The van der Waals surface area contributed by atoms with Gasteiger partial charge in [0, 0.05) is 18.3 Å². The zero-order valence-electron chi connectivity index (χ0n) is 16.9. The maximum absolute atomic E-state index is 11.0. The molecule has 8 nitrogen and oxygen atoms in total. The van der Waals surface area contributed by atoms with Gasteiger partial charge in [0.25, 0.3) is 5.91 Å². The fraction of sp³-hybridized carbons (Fsp3) is 0.190. The lowest BCUT2D eigenvalue weighted by atomic mass is 10.2. The van der Waals surface area contributed by atoms with Crippen molar-refractivity contribution >= 4 is 46.3 Å². The Bertz CT molecular complexity index is 1070. The minimum absolute atomic E-state index is 0.194. The Morgan fingerprint density at radius 3 is 2.67 bits per heavy atom. The lowest BCUT2D eigenvalue weighted by molar-refractivity contribution is -0.119. The summed E-state index contributed by atoms with van der Waals surface area (Å²) in [7, 11) is 1.85. The Hall–Kier alpha value is -3.52. The number of hydrogen-bond acceptors (Lipinski definition) is 7. The van der Waals surface area contributed by atoms with Crippen LogP contribution in [0.3, 0.4) is 0 Å². The van der Waals surface area contributed by atoms with Crippen LogP contribution < -0.4 is 26.4 Å². The van der Waals surface area contributed by atoms with E-state index in [-0.39, 0.29) is 6.61 Å². The summed E-state index contributed by atoms with van der Waals surface area (Å²) in [6.45, 7) is 3.69. The van der Waals surface area contributed by atoms with Crippen LogP contribution in [0.5, 0.6) is 5.75 Å². The number of carbonyl (C=O) groups is 1. The van der Waals surface area contributed by atoms with Crippen molar-refractivity contribution < 1.29 is 9.53 Å². The van der Waals surface area contributed by atoms with E-state index in [1.807, 2.05) is 45.2 Å². The first kappa shape index (κ1) is 21.2. The molecular weight excluding hydrogens is 404 g/mol. The highest BCUT2D eigenvalue weighted by Crippen LogP contribution is 2.31. The fourth-order valence-corrected chi connectivity index (χ4v) is 2.93. The highest BCUT2D eigenvalue weighted by atomic mass is 35.5. The summed E-state index contributed by atoms with van der Waals surface area (Å²) < 4.78 is 5.44. The molecule has 1 amide bonds. The molecule has 1 heterocycles. The van der Waals surface area contributed by atoms with Gasteiger partial charge in [-0.15, -0.1) is 0 Å². The van der Waals surface area contributed by atoms with Gasteiger partial charge in [0.2, 0.25) is 5.95 Å². The van der Waals surface area contributed by atoms with Crippen LogP contribution in [0.2, 0.25) is 5.02 Å². The standard InChI is InChI=1S/C21H23ClN6O2/c1-12-7-8-16(17(9-12)24-3)26-20-14(22)10-25-21(28-20)27-15-5-4-6-18(13(15)2)30-11-19(23)29/h4-10,24H,11H2,1-3H3,(H2,23,29)(H2,25,26,27,28). The van der Waals surface area contributed by atoms with Crippen molar-refractivity contribution in [2.24, 2.45) is 5.73 Å². The summed E-state index contributed by atoms with van der Waals surface area (Å²) in [5.41, 5.74) is 9.58. The highest BCUT2D eigenvalue weighted by Gasteiger charge is 2.11. The number of nitrogens with one attached hydrogen (secondary N) is 3. The average molecular weight is 427 g/mol. The van der Waals surface area contributed by atoms with E-state index in [4.69, 9.17) is 22.1 Å². The van der Waals surface area contributed by atoms with Crippen LogP contribution in [-0.2, 0) is 4.79 Å². The number of benzene rings is 2.